The molecule has 168 valence electrons. The van der Waals surface area contributed by atoms with Gasteiger partial charge in [0.1, 0.15) is 5.60 Å². The van der Waals surface area contributed by atoms with Crippen molar-refractivity contribution in [3.8, 4) is 0 Å². The molecule has 0 atom stereocenters. The van der Waals surface area contributed by atoms with Crippen LogP contribution in [-0.4, -0.2) is 55.3 Å². The minimum absolute atomic E-state index is 0.151. The van der Waals surface area contributed by atoms with Crippen LogP contribution in [0.4, 0.5) is 0 Å². The monoisotopic (exact) mass is 437 g/mol. The van der Waals surface area contributed by atoms with Crippen molar-refractivity contribution in [2.24, 2.45) is 5.92 Å². The van der Waals surface area contributed by atoms with Gasteiger partial charge in [-0.25, -0.2) is 12.7 Å². The molecule has 2 aliphatic rings. The van der Waals surface area contributed by atoms with Crippen molar-refractivity contribution < 1.29 is 22.7 Å². The molecule has 0 saturated carbocycles. The molecule has 0 unspecified atom stereocenters. The van der Waals surface area contributed by atoms with E-state index in [1.54, 1.807) is 20.8 Å². The number of ether oxygens (including phenoxy) is 2. The lowest BCUT2D eigenvalue weighted by Gasteiger charge is -2.41. The van der Waals surface area contributed by atoms with Gasteiger partial charge in [0.25, 0.3) is 0 Å². The largest absolute Gasteiger partial charge is 0.459 e. The number of piperidine rings is 1. The summed E-state index contributed by atoms with van der Waals surface area (Å²) in [5, 5.41) is 0. The predicted molar refractivity (Wildman–Crippen MR) is 117 cm³/mol. The van der Waals surface area contributed by atoms with Gasteiger partial charge in [-0.1, -0.05) is 30.3 Å². The van der Waals surface area contributed by atoms with Crippen molar-refractivity contribution in [1.82, 2.24) is 4.31 Å². The number of hydrogen-bond acceptors (Lipinski definition) is 5. The summed E-state index contributed by atoms with van der Waals surface area (Å²) in [6.45, 7) is 6.74. The van der Waals surface area contributed by atoms with Crippen molar-refractivity contribution in [3.05, 3.63) is 35.9 Å². The molecule has 2 fully saturated rings. The van der Waals surface area contributed by atoms with Gasteiger partial charge >= 0.3 is 5.97 Å². The van der Waals surface area contributed by atoms with Crippen LogP contribution in [0.25, 0.3) is 0 Å². The molecule has 3 rings (SSSR count). The lowest BCUT2D eigenvalue weighted by Crippen LogP contribution is -2.59. The molecular formula is C23H35NO5S. The molecule has 30 heavy (non-hydrogen) atoms. The smallest absolute Gasteiger partial charge is 0.329 e. The Bertz CT molecular complexity index is 802. The van der Waals surface area contributed by atoms with Crippen LogP contribution in [0.15, 0.2) is 30.3 Å². The molecule has 0 bridgehead atoms. The SMILES string of the molecule is CC(C)(C)OC(=O)C1(S(=O)(=O)N2CCC(CCc3ccccc3)CC2)CCOCC1. The average Bonchev–Trinajstić information content (AvgIpc) is 2.72. The third-order valence-corrected chi connectivity index (χ3v) is 8.77. The molecule has 6 nitrogen and oxygen atoms in total. The van der Waals surface area contributed by atoms with Crippen LogP contribution in [-0.2, 0) is 30.7 Å². The van der Waals surface area contributed by atoms with E-state index in [1.807, 2.05) is 6.07 Å². The fourth-order valence-electron chi connectivity index (χ4n) is 4.34. The van der Waals surface area contributed by atoms with E-state index in [4.69, 9.17) is 9.47 Å². The predicted octanol–water partition coefficient (Wildman–Crippen LogP) is 3.55. The second kappa shape index (κ2) is 9.37. The zero-order chi connectivity index (χ0) is 21.8. The zero-order valence-electron chi connectivity index (χ0n) is 18.4. The summed E-state index contributed by atoms with van der Waals surface area (Å²) in [4.78, 5) is 13.1. The summed E-state index contributed by atoms with van der Waals surface area (Å²) < 4.78 is 38.2. The number of sulfonamides is 1. The van der Waals surface area contributed by atoms with Crippen LogP contribution in [0.5, 0.6) is 0 Å². The Morgan fingerprint density at radius 2 is 1.73 bits per heavy atom. The van der Waals surface area contributed by atoms with Crippen molar-refractivity contribution in [2.45, 2.75) is 69.6 Å². The van der Waals surface area contributed by atoms with E-state index in [-0.39, 0.29) is 26.1 Å². The molecule has 0 N–H and O–H groups in total. The second-order valence-corrected chi connectivity index (χ2v) is 11.7. The standard InChI is InChI=1S/C23H35NO5S/c1-22(2,3)29-21(25)23(13-17-28-18-14-23)30(26,27)24-15-11-20(12-16-24)10-9-19-7-5-4-6-8-19/h4-8,20H,9-18H2,1-3H3. The van der Waals surface area contributed by atoms with Crippen molar-refractivity contribution in [3.63, 3.8) is 0 Å². The molecule has 2 saturated heterocycles. The van der Waals surface area contributed by atoms with E-state index < -0.39 is 26.3 Å². The van der Waals surface area contributed by atoms with Crippen LogP contribution in [0.2, 0.25) is 0 Å². The molecule has 2 aliphatic heterocycles. The third-order valence-electron chi connectivity index (χ3n) is 6.16. The fraction of sp³-hybridized carbons (Fsp3) is 0.696. The minimum atomic E-state index is -3.83. The van der Waals surface area contributed by atoms with Gasteiger partial charge in [-0.3, -0.25) is 4.79 Å². The van der Waals surface area contributed by atoms with Crippen LogP contribution < -0.4 is 0 Å². The van der Waals surface area contributed by atoms with Crippen LogP contribution in [0.3, 0.4) is 0 Å². The fourth-order valence-corrected chi connectivity index (χ4v) is 6.46. The maximum atomic E-state index is 13.6. The highest BCUT2D eigenvalue weighted by Gasteiger charge is 2.56. The number of nitrogens with zero attached hydrogens (tertiary/aromatic N) is 1. The first-order valence-corrected chi connectivity index (χ1v) is 12.4. The Balaban J connectivity index is 1.66. The number of aryl methyl sites for hydroxylation is 1. The van der Waals surface area contributed by atoms with Crippen molar-refractivity contribution in [1.29, 1.82) is 0 Å². The Kier molecular flexibility index (Phi) is 7.25. The lowest BCUT2D eigenvalue weighted by molar-refractivity contribution is -0.161. The average molecular weight is 438 g/mol. The highest BCUT2D eigenvalue weighted by atomic mass is 32.2. The molecular weight excluding hydrogens is 402 g/mol. The topological polar surface area (TPSA) is 72.9 Å². The van der Waals surface area contributed by atoms with Gasteiger partial charge < -0.3 is 9.47 Å². The maximum absolute atomic E-state index is 13.6. The molecule has 0 amide bonds. The van der Waals surface area contributed by atoms with Crippen molar-refractivity contribution >= 4 is 16.0 Å². The number of rotatable bonds is 6. The molecule has 1 aromatic carbocycles. The zero-order valence-corrected chi connectivity index (χ0v) is 19.2. The third kappa shape index (κ3) is 5.24. The van der Waals surface area contributed by atoms with E-state index in [9.17, 15) is 13.2 Å². The summed E-state index contributed by atoms with van der Waals surface area (Å²) in [6.07, 6.45) is 4.02. The number of hydrogen-bond donors (Lipinski definition) is 0. The lowest BCUT2D eigenvalue weighted by atomic mass is 9.91. The number of carbonyl (C=O) groups excluding carboxylic acids is 1. The molecule has 0 spiro atoms. The molecule has 0 aromatic heterocycles. The first-order chi connectivity index (χ1) is 14.1. The van der Waals surface area contributed by atoms with Gasteiger partial charge in [-0.2, -0.15) is 0 Å². The summed E-state index contributed by atoms with van der Waals surface area (Å²) in [5.41, 5.74) is 0.584. The van der Waals surface area contributed by atoms with Gasteiger partial charge in [0, 0.05) is 39.1 Å². The van der Waals surface area contributed by atoms with Crippen LogP contribution in [0, 0.1) is 5.92 Å². The molecule has 7 heteroatoms. The molecule has 0 radical (unpaired) electrons. The first kappa shape index (κ1) is 23.2. The Labute approximate surface area is 181 Å². The van der Waals surface area contributed by atoms with E-state index in [1.165, 1.54) is 9.87 Å². The van der Waals surface area contributed by atoms with E-state index in [2.05, 4.69) is 24.3 Å². The molecule has 0 aliphatic carbocycles. The maximum Gasteiger partial charge on any atom is 0.329 e. The summed E-state index contributed by atoms with van der Waals surface area (Å²) in [6, 6.07) is 10.4. The molecule has 2 heterocycles. The number of carbonyl (C=O) groups is 1. The Morgan fingerprint density at radius 1 is 1.13 bits per heavy atom. The summed E-state index contributed by atoms with van der Waals surface area (Å²) in [7, 11) is -3.83. The highest BCUT2D eigenvalue weighted by molar-refractivity contribution is 7.91. The van der Waals surface area contributed by atoms with E-state index >= 15 is 0 Å². The first-order valence-electron chi connectivity index (χ1n) is 11.0. The van der Waals surface area contributed by atoms with Gasteiger partial charge in [0.2, 0.25) is 10.0 Å². The van der Waals surface area contributed by atoms with Crippen molar-refractivity contribution in [2.75, 3.05) is 26.3 Å². The van der Waals surface area contributed by atoms with Gasteiger partial charge in [-0.05, 0) is 57.9 Å². The number of benzene rings is 1. The quantitative estimate of drug-likeness (QED) is 0.637. The second-order valence-electron chi connectivity index (χ2n) is 9.48. The highest BCUT2D eigenvalue weighted by Crippen LogP contribution is 2.37. The summed E-state index contributed by atoms with van der Waals surface area (Å²) >= 11 is 0. The van der Waals surface area contributed by atoms with Gasteiger partial charge in [0.15, 0.2) is 4.75 Å². The van der Waals surface area contributed by atoms with Crippen LogP contribution in [0.1, 0.15) is 58.4 Å². The Hall–Kier alpha value is -1.44. The summed E-state index contributed by atoms with van der Waals surface area (Å²) in [5.74, 6) is -0.131. The van der Waals surface area contributed by atoms with Crippen LogP contribution >= 0.6 is 0 Å². The van der Waals surface area contributed by atoms with Gasteiger partial charge in [-0.15, -0.1) is 0 Å². The Morgan fingerprint density at radius 3 is 2.30 bits per heavy atom. The normalized spacial score (nSPS) is 21.3. The van der Waals surface area contributed by atoms with E-state index in [0.29, 0.717) is 19.0 Å². The van der Waals surface area contributed by atoms with Gasteiger partial charge in [0.05, 0.1) is 0 Å². The molecule has 1 aromatic rings. The van der Waals surface area contributed by atoms with E-state index in [0.717, 1.165) is 25.7 Å². The number of esters is 1. The minimum Gasteiger partial charge on any atom is -0.459 e.